The van der Waals surface area contributed by atoms with Gasteiger partial charge in [-0.2, -0.15) is 4.98 Å². The number of benzene rings is 2. The van der Waals surface area contributed by atoms with Crippen LogP contribution in [0.3, 0.4) is 0 Å². The predicted octanol–water partition coefficient (Wildman–Crippen LogP) is 3.08. The molecule has 0 atom stereocenters. The maximum Gasteiger partial charge on any atom is 0.332 e. The van der Waals surface area contributed by atoms with E-state index >= 15 is 0 Å². The van der Waals surface area contributed by atoms with Crippen molar-refractivity contribution in [3.63, 3.8) is 0 Å². The fraction of sp³-hybridized carbons (Fsp3) is 0.261. The van der Waals surface area contributed by atoms with Crippen LogP contribution in [-0.2, 0) is 20.1 Å². The van der Waals surface area contributed by atoms with E-state index in [0.29, 0.717) is 23.7 Å². The molecule has 0 spiro atoms. The van der Waals surface area contributed by atoms with Crippen LogP contribution in [0.1, 0.15) is 17.5 Å². The van der Waals surface area contributed by atoms with Gasteiger partial charge >= 0.3 is 11.7 Å². The highest BCUT2D eigenvalue weighted by molar-refractivity contribution is 6.30. The smallest absolute Gasteiger partial charge is 0.332 e. The first kappa shape index (κ1) is 21.9. The quantitative estimate of drug-likeness (QED) is 0.463. The third-order valence-electron chi connectivity index (χ3n) is 5.22. The van der Waals surface area contributed by atoms with E-state index in [1.54, 1.807) is 23.7 Å². The largest absolute Gasteiger partial charge is 0.425 e. The number of aryl methyl sites for hydroxylation is 2. The Labute approximate surface area is 188 Å². The van der Waals surface area contributed by atoms with Gasteiger partial charge in [0.2, 0.25) is 0 Å². The highest BCUT2D eigenvalue weighted by Gasteiger charge is 2.22. The molecule has 4 rings (SSSR count). The van der Waals surface area contributed by atoms with Crippen molar-refractivity contribution in [3.05, 3.63) is 85.5 Å². The molecule has 0 radical (unpaired) electrons. The Balaban J connectivity index is 1.92. The van der Waals surface area contributed by atoms with Gasteiger partial charge in [0.1, 0.15) is 5.75 Å². The summed E-state index contributed by atoms with van der Waals surface area (Å²) in [5.74, 6) is 0.564. The average Bonchev–Trinajstić information content (AvgIpc) is 3.13. The molecule has 0 saturated heterocycles. The van der Waals surface area contributed by atoms with Gasteiger partial charge in [0.15, 0.2) is 11.2 Å². The number of rotatable bonds is 7. The van der Waals surface area contributed by atoms with Gasteiger partial charge in [-0.15, -0.1) is 0 Å². The molecule has 0 amide bonds. The van der Waals surface area contributed by atoms with Crippen LogP contribution in [0.25, 0.3) is 11.2 Å². The van der Waals surface area contributed by atoms with Gasteiger partial charge in [-0.25, -0.2) is 4.79 Å². The van der Waals surface area contributed by atoms with Crippen molar-refractivity contribution in [1.29, 1.82) is 0 Å². The van der Waals surface area contributed by atoms with Crippen LogP contribution < -0.4 is 16.0 Å². The third kappa shape index (κ3) is 4.19. The van der Waals surface area contributed by atoms with E-state index in [-0.39, 0.29) is 30.3 Å². The number of aliphatic hydroxyl groups excluding tert-OH is 1. The molecule has 1 N–H and O–H groups in total. The Morgan fingerprint density at radius 1 is 1.03 bits per heavy atom. The van der Waals surface area contributed by atoms with E-state index in [1.807, 2.05) is 43.3 Å². The van der Waals surface area contributed by atoms with Crippen LogP contribution in [0, 0.1) is 6.92 Å². The number of aromatic nitrogens is 4. The summed E-state index contributed by atoms with van der Waals surface area (Å²) in [6.45, 7) is 2.25. The Morgan fingerprint density at radius 2 is 1.72 bits per heavy atom. The first-order chi connectivity index (χ1) is 15.4. The lowest BCUT2D eigenvalue weighted by Crippen LogP contribution is -2.39. The molecule has 166 valence electrons. The normalized spacial score (nSPS) is 11.2. The van der Waals surface area contributed by atoms with Crippen LogP contribution in [0.2, 0.25) is 5.02 Å². The van der Waals surface area contributed by atoms with E-state index in [0.717, 1.165) is 15.7 Å². The van der Waals surface area contributed by atoms with E-state index in [2.05, 4.69) is 4.98 Å². The summed E-state index contributed by atoms with van der Waals surface area (Å²) in [6.07, 6.45) is 0.290. The summed E-state index contributed by atoms with van der Waals surface area (Å²) in [7, 11) is 1.56. The summed E-state index contributed by atoms with van der Waals surface area (Å²) < 4.78 is 10.1. The number of aliphatic hydroxyl groups is 1. The lowest BCUT2D eigenvalue weighted by Gasteiger charge is -2.11. The summed E-state index contributed by atoms with van der Waals surface area (Å²) in [5, 5.41) is 9.78. The molecule has 0 unspecified atom stereocenters. The molecule has 0 fully saturated rings. The van der Waals surface area contributed by atoms with E-state index in [1.165, 1.54) is 4.57 Å². The zero-order valence-electron chi connectivity index (χ0n) is 17.8. The molecule has 0 aliphatic rings. The Morgan fingerprint density at radius 3 is 2.38 bits per heavy atom. The van der Waals surface area contributed by atoms with Crippen molar-refractivity contribution in [2.75, 3.05) is 6.61 Å². The molecular formula is C23H23ClN4O4. The maximum atomic E-state index is 13.3. The molecule has 2 aromatic carbocycles. The van der Waals surface area contributed by atoms with Gasteiger partial charge in [0.05, 0.1) is 6.54 Å². The second kappa shape index (κ2) is 9.02. The molecule has 2 aromatic heterocycles. The number of hydrogen-bond donors (Lipinski definition) is 1. The van der Waals surface area contributed by atoms with Gasteiger partial charge in [-0.1, -0.05) is 41.4 Å². The minimum Gasteiger partial charge on any atom is -0.425 e. The predicted molar refractivity (Wildman–Crippen MR) is 123 cm³/mol. The molecular weight excluding hydrogens is 432 g/mol. The summed E-state index contributed by atoms with van der Waals surface area (Å²) in [6, 6.07) is 14.9. The van der Waals surface area contributed by atoms with E-state index in [4.69, 9.17) is 16.3 Å². The van der Waals surface area contributed by atoms with Gasteiger partial charge in [-0.3, -0.25) is 18.5 Å². The second-order valence-corrected chi connectivity index (χ2v) is 8.01. The van der Waals surface area contributed by atoms with Crippen LogP contribution in [0.5, 0.6) is 11.8 Å². The minimum atomic E-state index is -0.492. The molecule has 8 nitrogen and oxygen atoms in total. The lowest BCUT2D eigenvalue weighted by molar-refractivity contribution is 0.277. The van der Waals surface area contributed by atoms with Crippen molar-refractivity contribution >= 4 is 22.8 Å². The number of fused-ring (bicyclic) bond motifs is 1. The molecule has 0 bridgehead atoms. The molecule has 4 aromatic rings. The molecule has 9 heteroatoms. The molecule has 32 heavy (non-hydrogen) atoms. The van der Waals surface area contributed by atoms with Crippen LogP contribution in [-0.4, -0.2) is 30.4 Å². The zero-order chi connectivity index (χ0) is 22.8. The number of hydrogen-bond acceptors (Lipinski definition) is 5. The van der Waals surface area contributed by atoms with Crippen molar-refractivity contribution in [2.24, 2.45) is 7.05 Å². The van der Waals surface area contributed by atoms with Gasteiger partial charge in [-0.05, 0) is 43.2 Å². The van der Waals surface area contributed by atoms with Crippen molar-refractivity contribution in [1.82, 2.24) is 18.7 Å². The number of ether oxygens (including phenoxy) is 1. The summed E-state index contributed by atoms with van der Waals surface area (Å²) in [4.78, 5) is 30.6. The molecule has 0 aliphatic heterocycles. The Bertz CT molecular complexity index is 1370. The van der Waals surface area contributed by atoms with Crippen LogP contribution in [0.4, 0.5) is 0 Å². The fourth-order valence-electron chi connectivity index (χ4n) is 3.49. The van der Waals surface area contributed by atoms with Crippen LogP contribution in [0.15, 0.2) is 58.1 Å². The fourth-order valence-corrected chi connectivity index (χ4v) is 3.61. The van der Waals surface area contributed by atoms with Crippen molar-refractivity contribution < 1.29 is 9.84 Å². The highest BCUT2D eigenvalue weighted by Crippen LogP contribution is 2.25. The van der Waals surface area contributed by atoms with Gasteiger partial charge < -0.3 is 9.84 Å². The molecule has 2 heterocycles. The Kier molecular flexibility index (Phi) is 6.16. The summed E-state index contributed by atoms with van der Waals surface area (Å²) >= 11 is 6.02. The van der Waals surface area contributed by atoms with Crippen LogP contribution >= 0.6 is 11.6 Å². The summed E-state index contributed by atoms with van der Waals surface area (Å²) in [5.41, 5.74) is 1.49. The van der Waals surface area contributed by atoms with E-state index in [9.17, 15) is 14.7 Å². The number of imidazole rings is 1. The van der Waals surface area contributed by atoms with Gasteiger partial charge in [0.25, 0.3) is 5.56 Å². The second-order valence-electron chi connectivity index (χ2n) is 7.57. The molecule has 0 saturated carbocycles. The number of halogens is 1. The average molecular weight is 455 g/mol. The lowest BCUT2D eigenvalue weighted by atomic mass is 10.2. The first-order valence-electron chi connectivity index (χ1n) is 10.2. The van der Waals surface area contributed by atoms with Crippen molar-refractivity contribution in [2.45, 2.75) is 26.4 Å². The standard InChI is InChI=1S/C23H23ClN4O4/c1-15-4-10-18(11-5-15)32-22-25-20-19(28(22)14-16-6-8-17(24)9-7-16)21(30)27(12-3-13-29)23(31)26(20)2/h4-11,29H,3,12-14H2,1-2H3. The Hall–Kier alpha value is -3.36. The monoisotopic (exact) mass is 454 g/mol. The molecule has 0 aliphatic carbocycles. The topological polar surface area (TPSA) is 91.3 Å². The van der Waals surface area contributed by atoms with Gasteiger partial charge in [0, 0.05) is 25.2 Å². The minimum absolute atomic E-state index is 0.109. The third-order valence-corrected chi connectivity index (χ3v) is 5.47. The maximum absolute atomic E-state index is 13.3. The SMILES string of the molecule is Cc1ccc(Oc2nc3c(c(=O)n(CCCO)c(=O)n3C)n2Cc2ccc(Cl)cc2)cc1. The zero-order valence-corrected chi connectivity index (χ0v) is 18.5. The highest BCUT2D eigenvalue weighted by atomic mass is 35.5. The number of nitrogens with zero attached hydrogens (tertiary/aromatic N) is 4. The first-order valence-corrected chi connectivity index (χ1v) is 10.6. The van der Waals surface area contributed by atoms with E-state index < -0.39 is 11.2 Å². The van der Waals surface area contributed by atoms with Crippen molar-refractivity contribution in [3.8, 4) is 11.8 Å².